The fraction of sp³-hybridized carbons (Fsp3) is 0.278. The van der Waals surface area contributed by atoms with E-state index in [4.69, 9.17) is 10.2 Å². The molecular weight excluding hydrogens is 432 g/mol. The first kappa shape index (κ1) is 21.3. The zero-order valence-electron chi connectivity index (χ0n) is 16.0. The molecule has 2 aromatic heterocycles. The highest BCUT2D eigenvalue weighted by atomic mass is 33.1. The SMILES string of the molecule is CC(C)(C)c1cnc(CS(=O)(=O)Sc2cnc(NC(=O)c3cccc(N)c3)s2)o1. The van der Waals surface area contributed by atoms with Crippen LogP contribution in [0.1, 0.15) is 42.8 Å². The molecule has 0 aliphatic rings. The molecule has 11 heteroatoms. The van der Waals surface area contributed by atoms with Gasteiger partial charge in [-0.05, 0) is 18.2 Å². The van der Waals surface area contributed by atoms with E-state index in [9.17, 15) is 13.2 Å². The molecular formula is C18H20N4O4S3. The summed E-state index contributed by atoms with van der Waals surface area (Å²) in [5.74, 6) is 0.0520. The number of thiazole rings is 1. The van der Waals surface area contributed by atoms with Gasteiger partial charge in [0.25, 0.3) is 5.91 Å². The molecule has 0 saturated heterocycles. The maximum atomic E-state index is 12.5. The summed E-state index contributed by atoms with van der Waals surface area (Å²) in [6, 6.07) is 6.53. The predicted octanol–water partition coefficient (Wildman–Crippen LogP) is 3.89. The Balaban J connectivity index is 1.64. The van der Waals surface area contributed by atoms with Crippen molar-refractivity contribution in [3.63, 3.8) is 0 Å². The van der Waals surface area contributed by atoms with E-state index in [2.05, 4.69) is 15.3 Å². The van der Waals surface area contributed by atoms with Crippen molar-refractivity contribution in [1.82, 2.24) is 9.97 Å². The van der Waals surface area contributed by atoms with Gasteiger partial charge in [-0.25, -0.2) is 18.4 Å². The van der Waals surface area contributed by atoms with Gasteiger partial charge in [0, 0.05) is 27.5 Å². The van der Waals surface area contributed by atoms with Crippen molar-refractivity contribution in [3.8, 4) is 0 Å². The topological polar surface area (TPSA) is 128 Å². The van der Waals surface area contributed by atoms with E-state index in [1.165, 1.54) is 6.20 Å². The monoisotopic (exact) mass is 452 g/mol. The van der Waals surface area contributed by atoms with Gasteiger partial charge >= 0.3 is 0 Å². The zero-order valence-corrected chi connectivity index (χ0v) is 18.5. The smallest absolute Gasteiger partial charge is 0.257 e. The number of nitrogens with zero attached hydrogens (tertiary/aromatic N) is 2. The van der Waals surface area contributed by atoms with Gasteiger partial charge in [-0.3, -0.25) is 10.1 Å². The van der Waals surface area contributed by atoms with Crippen molar-refractivity contribution in [2.45, 2.75) is 36.1 Å². The summed E-state index contributed by atoms with van der Waals surface area (Å²) in [4.78, 5) is 20.4. The molecule has 3 aromatic rings. The number of nitrogen functional groups attached to an aromatic ring is 1. The Morgan fingerprint density at radius 1 is 1.28 bits per heavy atom. The Morgan fingerprint density at radius 3 is 2.69 bits per heavy atom. The van der Waals surface area contributed by atoms with Gasteiger partial charge in [-0.15, -0.1) is 0 Å². The molecule has 0 fully saturated rings. The number of amides is 1. The van der Waals surface area contributed by atoms with Crippen LogP contribution in [0.5, 0.6) is 0 Å². The molecule has 0 spiro atoms. The molecule has 0 unspecified atom stereocenters. The standard InChI is InChI=1S/C18H20N4O4S3/c1-18(2,3)13-8-20-14(26-13)10-29(24,25)28-15-9-21-17(27-15)22-16(23)11-5-4-6-12(19)7-11/h4-9H,10,19H2,1-3H3,(H,21,22,23). The number of hydrogen-bond acceptors (Lipinski definition) is 9. The van der Waals surface area contributed by atoms with Gasteiger partial charge in [0.1, 0.15) is 11.5 Å². The van der Waals surface area contributed by atoms with Crippen molar-refractivity contribution < 1.29 is 17.6 Å². The third-order valence-electron chi connectivity index (χ3n) is 3.66. The van der Waals surface area contributed by atoms with Crippen LogP contribution in [0.15, 0.2) is 45.3 Å². The van der Waals surface area contributed by atoms with E-state index in [-0.39, 0.29) is 23.0 Å². The Hall–Kier alpha value is -2.37. The fourth-order valence-corrected chi connectivity index (χ4v) is 6.59. The number of anilines is 2. The number of hydrogen-bond donors (Lipinski definition) is 2. The molecule has 0 aliphatic carbocycles. The van der Waals surface area contributed by atoms with Crippen LogP contribution in [0.4, 0.5) is 10.8 Å². The highest BCUT2D eigenvalue weighted by Crippen LogP contribution is 2.34. The van der Waals surface area contributed by atoms with Crippen molar-refractivity contribution in [2.24, 2.45) is 0 Å². The minimum Gasteiger partial charge on any atom is -0.444 e. The van der Waals surface area contributed by atoms with Crippen LogP contribution in [-0.4, -0.2) is 24.3 Å². The summed E-state index contributed by atoms with van der Waals surface area (Å²) in [6.45, 7) is 5.87. The second-order valence-electron chi connectivity index (χ2n) is 7.22. The van der Waals surface area contributed by atoms with Crippen LogP contribution in [0.3, 0.4) is 0 Å². The van der Waals surface area contributed by atoms with Crippen molar-refractivity contribution >= 4 is 47.7 Å². The summed E-state index contributed by atoms with van der Waals surface area (Å²) >= 11 is 1.07. The molecule has 3 N–H and O–H groups in total. The van der Waals surface area contributed by atoms with Gasteiger partial charge in [0.15, 0.2) is 5.13 Å². The number of benzene rings is 1. The number of aromatic nitrogens is 2. The predicted molar refractivity (Wildman–Crippen MR) is 115 cm³/mol. The van der Waals surface area contributed by atoms with Crippen molar-refractivity contribution in [1.29, 1.82) is 0 Å². The van der Waals surface area contributed by atoms with Crippen LogP contribution in [0.25, 0.3) is 0 Å². The van der Waals surface area contributed by atoms with E-state index in [0.29, 0.717) is 37.1 Å². The van der Waals surface area contributed by atoms with Gasteiger partial charge in [-0.1, -0.05) is 38.2 Å². The van der Waals surface area contributed by atoms with Crippen molar-refractivity contribution in [3.05, 3.63) is 53.9 Å². The largest absolute Gasteiger partial charge is 0.444 e. The summed E-state index contributed by atoms with van der Waals surface area (Å²) in [7, 11) is -2.93. The molecule has 0 atom stereocenters. The van der Waals surface area contributed by atoms with Crippen molar-refractivity contribution in [2.75, 3.05) is 11.1 Å². The quantitative estimate of drug-likeness (QED) is 0.426. The molecule has 1 amide bonds. The number of oxazole rings is 1. The third-order valence-corrected chi connectivity index (χ3v) is 7.96. The lowest BCUT2D eigenvalue weighted by atomic mass is 9.94. The lowest BCUT2D eigenvalue weighted by Crippen LogP contribution is -2.11. The summed E-state index contributed by atoms with van der Waals surface area (Å²) < 4.78 is 30.9. The van der Waals surface area contributed by atoms with E-state index in [1.807, 2.05) is 20.8 Å². The number of carbonyl (C=O) groups is 1. The van der Waals surface area contributed by atoms with Gasteiger partial charge in [-0.2, -0.15) is 0 Å². The Labute approximate surface area is 176 Å². The second kappa shape index (κ2) is 8.17. The van der Waals surface area contributed by atoms with Crippen LogP contribution in [0, 0.1) is 0 Å². The van der Waals surface area contributed by atoms with Gasteiger partial charge < -0.3 is 10.2 Å². The zero-order chi connectivity index (χ0) is 21.2. The van der Waals surface area contributed by atoms with Crippen LogP contribution >= 0.6 is 22.1 Å². The third kappa shape index (κ3) is 5.81. The van der Waals surface area contributed by atoms with Gasteiger partial charge in [0.05, 0.1) is 16.6 Å². The highest BCUT2D eigenvalue weighted by Gasteiger charge is 2.23. The normalized spacial score (nSPS) is 12.1. The van der Waals surface area contributed by atoms with Crippen LogP contribution in [0.2, 0.25) is 0 Å². The second-order valence-corrected chi connectivity index (χ2v) is 12.5. The fourth-order valence-electron chi connectivity index (χ4n) is 2.23. The molecule has 0 saturated carbocycles. The Morgan fingerprint density at radius 2 is 2.03 bits per heavy atom. The molecule has 0 aliphatic heterocycles. The number of rotatable bonds is 6. The molecule has 2 heterocycles. The number of nitrogens with one attached hydrogen (secondary N) is 1. The molecule has 3 rings (SSSR count). The van der Waals surface area contributed by atoms with E-state index >= 15 is 0 Å². The first-order valence-corrected chi connectivity index (χ1v) is 12.3. The average Bonchev–Trinajstić information content (AvgIpc) is 3.23. The molecule has 154 valence electrons. The Kier molecular flexibility index (Phi) is 6.01. The number of carbonyl (C=O) groups excluding carboxylic acids is 1. The molecule has 8 nitrogen and oxygen atoms in total. The van der Waals surface area contributed by atoms with Crippen LogP contribution in [-0.2, 0) is 20.0 Å². The summed E-state index contributed by atoms with van der Waals surface area (Å²) in [5.41, 5.74) is 6.28. The first-order valence-electron chi connectivity index (χ1n) is 8.52. The van der Waals surface area contributed by atoms with E-state index in [1.54, 1.807) is 30.5 Å². The maximum absolute atomic E-state index is 12.5. The lowest BCUT2D eigenvalue weighted by molar-refractivity contribution is 0.102. The molecule has 0 bridgehead atoms. The minimum absolute atomic E-state index is 0.141. The molecule has 29 heavy (non-hydrogen) atoms. The van der Waals surface area contributed by atoms with E-state index in [0.717, 1.165) is 11.3 Å². The van der Waals surface area contributed by atoms with Crippen LogP contribution < -0.4 is 11.1 Å². The maximum Gasteiger partial charge on any atom is 0.257 e. The molecule has 1 aromatic carbocycles. The number of nitrogens with two attached hydrogens (primary N) is 1. The Bertz CT molecular complexity index is 1130. The average molecular weight is 453 g/mol. The summed E-state index contributed by atoms with van der Waals surface area (Å²) in [6.07, 6.45) is 2.95. The minimum atomic E-state index is -3.59. The summed E-state index contributed by atoms with van der Waals surface area (Å²) in [5, 5.41) is 2.93. The van der Waals surface area contributed by atoms with Gasteiger partial charge in [0.2, 0.25) is 14.8 Å². The first-order chi connectivity index (χ1) is 13.5. The highest BCUT2D eigenvalue weighted by molar-refractivity contribution is 8.72. The van der Waals surface area contributed by atoms with E-state index < -0.39 is 8.87 Å². The molecule has 0 radical (unpaired) electrons. The lowest BCUT2D eigenvalue weighted by Gasteiger charge is -2.13.